The van der Waals surface area contributed by atoms with Gasteiger partial charge in [-0.2, -0.15) is 0 Å². The first-order chi connectivity index (χ1) is 6.88. The number of amides is 1. The summed E-state index contributed by atoms with van der Waals surface area (Å²) in [6.45, 7) is 9.58. The zero-order valence-corrected chi connectivity index (χ0v) is 12.0. The second kappa shape index (κ2) is 7.26. The quantitative estimate of drug-likeness (QED) is 0.586. The van der Waals surface area contributed by atoms with Crippen LogP contribution in [0.4, 0.5) is 0 Å². The zero-order chi connectivity index (χ0) is 11.9. The second-order valence-electron chi connectivity index (χ2n) is 5.22. The Morgan fingerprint density at radius 1 is 1.33 bits per heavy atom. The Balaban J connectivity index is 3.62. The molecule has 0 aliphatic heterocycles. The van der Waals surface area contributed by atoms with Crippen LogP contribution in [0.2, 0.25) is 0 Å². The number of nitrogens with one attached hydrogen (secondary N) is 1. The molecule has 0 aromatic heterocycles. The van der Waals surface area contributed by atoms with Crippen molar-refractivity contribution >= 4 is 21.8 Å². The van der Waals surface area contributed by atoms with E-state index < -0.39 is 0 Å². The van der Waals surface area contributed by atoms with Crippen molar-refractivity contribution in [3.05, 3.63) is 0 Å². The molecule has 1 amide bonds. The summed E-state index contributed by atoms with van der Waals surface area (Å²) < 4.78 is 0. The van der Waals surface area contributed by atoms with Crippen molar-refractivity contribution in [3.63, 3.8) is 0 Å². The van der Waals surface area contributed by atoms with Crippen LogP contribution in [0, 0.1) is 11.3 Å². The summed E-state index contributed by atoms with van der Waals surface area (Å²) in [6.07, 6.45) is 2.70. The Kier molecular flexibility index (Phi) is 7.24. The fraction of sp³-hybridized carbons (Fsp3) is 0.917. The van der Waals surface area contributed by atoms with Crippen LogP contribution < -0.4 is 5.32 Å². The Bertz CT molecular complexity index is 187. The highest BCUT2D eigenvalue weighted by Gasteiger charge is 2.19. The molecule has 0 rings (SSSR count). The van der Waals surface area contributed by atoms with Crippen LogP contribution >= 0.6 is 15.9 Å². The van der Waals surface area contributed by atoms with Crippen LogP contribution in [0.1, 0.15) is 47.0 Å². The van der Waals surface area contributed by atoms with E-state index in [9.17, 15) is 4.79 Å². The minimum Gasteiger partial charge on any atom is -0.356 e. The van der Waals surface area contributed by atoms with Gasteiger partial charge in [-0.3, -0.25) is 4.79 Å². The lowest BCUT2D eigenvalue weighted by Crippen LogP contribution is -2.33. The SMILES string of the molecule is CC(CNC(=O)CCCCBr)C(C)(C)C. The van der Waals surface area contributed by atoms with Gasteiger partial charge in [0.15, 0.2) is 0 Å². The van der Waals surface area contributed by atoms with E-state index in [0.717, 1.165) is 24.7 Å². The Morgan fingerprint density at radius 3 is 2.40 bits per heavy atom. The smallest absolute Gasteiger partial charge is 0.220 e. The van der Waals surface area contributed by atoms with E-state index in [4.69, 9.17) is 0 Å². The lowest BCUT2D eigenvalue weighted by atomic mass is 9.82. The van der Waals surface area contributed by atoms with Gasteiger partial charge in [-0.05, 0) is 24.2 Å². The number of rotatable bonds is 6. The molecule has 15 heavy (non-hydrogen) atoms. The first kappa shape index (κ1) is 14.9. The maximum Gasteiger partial charge on any atom is 0.220 e. The van der Waals surface area contributed by atoms with Crippen LogP contribution in [0.5, 0.6) is 0 Å². The molecule has 3 heteroatoms. The molecule has 0 bridgehead atoms. The van der Waals surface area contributed by atoms with Gasteiger partial charge in [0.25, 0.3) is 0 Å². The van der Waals surface area contributed by atoms with Gasteiger partial charge in [-0.15, -0.1) is 0 Å². The van der Waals surface area contributed by atoms with Gasteiger partial charge < -0.3 is 5.32 Å². The molecule has 2 nitrogen and oxygen atoms in total. The summed E-state index contributed by atoms with van der Waals surface area (Å²) in [5, 5.41) is 3.98. The van der Waals surface area contributed by atoms with E-state index in [2.05, 4.69) is 48.9 Å². The first-order valence-electron chi connectivity index (χ1n) is 5.70. The number of hydrogen-bond donors (Lipinski definition) is 1. The molecule has 0 radical (unpaired) electrons. The monoisotopic (exact) mass is 277 g/mol. The highest BCUT2D eigenvalue weighted by molar-refractivity contribution is 9.09. The minimum atomic E-state index is 0.187. The molecule has 0 saturated carbocycles. The summed E-state index contributed by atoms with van der Waals surface area (Å²) in [6, 6.07) is 0. The molecule has 0 aromatic rings. The third-order valence-corrected chi connectivity index (χ3v) is 3.43. The highest BCUT2D eigenvalue weighted by Crippen LogP contribution is 2.24. The van der Waals surface area contributed by atoms with Crippen molar-refractivity contribution in [2.75, 3.05) is 11.9 Å². The molecule has 0 spiro atoms. The predicted molar refractivity (Wildman–Crippen MR) is 69.3 cm³/mol. The lowest BCUT2D eigenvalue weighted by molar-refractivity contribution is -0.121. The maximum absolute atomic E-state index is 11.4. The molecular formula is C12H24BrNO. The van der Waals surface area contributed by atoms with Crippen LogP contribution in [0.25, 0.3) is 0 Å². The Labute approximate surface area is 102 Å². The molecular weight excluding hydrogens is 254 g/mol. The van der Waals surface area contributed by atoms with Crippen LogP contribution in [0.15, 0.2) is 0 Å². The summed E-state index contributed by atoms with van der Waals surface area (Å²) in [4.78, 5) is 11.4. The van der Waals surface area contributed by atoms with Gasteiger partial charge >= 0.3 is 0 Å². The normalized spacial score (nSPS) is 13.7. The maximum atomic E-state index is 11.4. The molecule has 0 aliphatic carbocycles. The van der Waals surface area contributed by atoms with Gasteiger partial charge in [0, 0.05) is 18.3 Å². The molecule has 0 aromatic carbocycles. The third-order valence-electron chi connectivity index (χ3n) is 2.87. The average Bonchev–Trinajstić information content (AvgIpc) is 2.13. The zero-order valence-electron chi connectivity index (χ0n) is 10.4. The number of alkyl halides is 1. The molecule has 0 aliphatic rings. The van der Waals surface area contributed by atoms with E-state index in [1.807, 2.05) is 0 Å². The van der Waals surface area contributed by atoms with Crippen molar-refractivity contribution < 1.29 is 4.79 Å². The fourth-order valence-corrected chi connectivity index (χ4v) is 1.44. The van der Waals surface area contributed by atoms with Crippen molar-refractivity contribution in [1.29, 1.82) is 0 Å². The van der Waals surface area contributed by atoms with E-state index in [1.165, 1.54) is 0 Å². The molecule has 90 valence electrons. The van der Waals surface area contributed by atoms with E-state index in [1.54, 1.807) is 0 Å². The molecule has 1 atom stereocenters. The molecule has 1 N–H and O–H groups in total. The summed E-state index contributed by atoms with van der Waals surface area (Å²) in [5.74, 6) is 0.699. The van der Waals surface area contributed by atoms with E-state index in [-0.39, 0.29) is 11.3 Å². The Hall–Kier alpha value is -0.0500. The van der Waals surface area contributed by atoms with Crippen LogP contribution in [-0.2, 0) is 4.79 Å². The van der Waals surface area contributed by atoms with Crippen LogP contribution in [-0.4, -0.2) is 17.8 Å². The van der Waals surface area contributed by atoms with Crippen LogP contribution in [0.3, 0.4) is 0 Å². The Morgan fingerprint density at radius 2 is 1.93 bits per heavy atom. The van der Waals surface area contributed by atoms with Gasteiger partial charge in [-0.1, -0.05) is 43.6 Å². The minimum absolute atomic E-state index is 0.187. The van der Waals surface area contributed by atoms with Gasteiger partial charge in [0.1, 0.15) is 0 Å². The molecule has 1 unspecified atom stereocenters. The average molecular weight is 278 g/mol. The molecule has 0 heterocycles. The lowest BCUT2D eigenvalue weighted by Gasteiger charge is -2.27. The topological polar surface area (TPSA) is 29.1 Å². The fourth-order valence-electron chi connectivity index (χ4n) is 1.04. The summed E-state index contributed by atoms with van der Waals surface area (Å²) in [7, 11) is 0. The second-order valence-corrected chi connectivity index (χ2v) is 6.01. The van der Waals surface area contributed by atoms with E-state index in [0.29, 0.717) is 12.3 Å². The summed E-state index contributed by atoms with van der Waals surface area (Å²) >= 11 is 3.36. The molecule has 0 saturated heterocycles. The summed E-state index contributed by atoms with van der Waals surface area (Å²) in [5.41, 5.74) is 0.267. The number of unbranched alkanes of at least 4 members (excludes halogenated alkanes) is 1. The van der Waals surface area contributed by atoms with Gasteiger partial charge in [-0.25, -0.2) is 0 Å². The molecule has 0 fully saturated rings. The van der Waals surface area contributed by atoms with Crippen molar-refractivity contribution in [3.8, 4) is 0 Å². The number of carbonyl (C=O) groups is 1. The van der Waals surface area contributed by atoms with Gasteiger partial charge in [0.05, 0.1) is 0 Å². The first-order valence-corrected chi connectivity index (χ1v) is 6.82. The number of carbonyl (C=O) groups excluding carboxylic acids is 1. The largest absolute Gasteiger partial charge is 0.356 e. The highest BCUT2D eigenvalue weighted by atomic mass is 79.9. The van der Waals surface area contributed by atoms with E-state index >= 15 is 0 Å². The number of hydrogen-bond acceptors (Lipinski definition) is 1. The standard InChI is InChI=1S/C12H24BrNO/c1-10(12(2,3)4)9-14-11(15)7-5-6-8-13/h10H,5-9H2,1-4H3,(H,14,15). The van der Waals surface area contributed by atoms with Gasteiger partial charge in [0.2, 0.25) is 5.91 Å². The van der Waals surface area contributed by atoms with Crippen molar-refractivity contribution in [2.24, 2.45) is 11.3 Å². The number of halogens is 1. The third kappa shape index (κ3) is 7.83. The van der Waals surface area contributed by atoms with Crippen molar-refractivity contribution in [1.82, 2.24) is 5.32 Å². The van der Waals surface area contributed by atoms with Crippen molar-refractivity contribution in [2.45, 2.75) is 47.0 Å². The predicted octanol–water partition coefficient (Wildman–Crippen LogP) is 3.35.